The van der Waals surface area contributed by atoms with Gasteiger partial charge < -0.3 is 4.74 Å². The number of carbonyl (C=O) groups excluding carboxylic acids is 1. The molecule has 3 rings (SSSR count). The summed E-state index contributed by atoms with van der Waals surface area (Å²) in [7, 11) is 0. The van der Waals surface area contributed by atoms with Crippen molar-refractivity contribution in [3.05, 3.63) is 71.5 Å². The standard InChI is InChI=1S/C20H20N2O2/c1-4-24-20(23)17-9-7-16(8-10-17)18-6-5-14(2)19(13-18)22-12-11-15(3)21-22/h5-13H,4H2,1-3H3. The van der Waals surface area contributed by atoms with E-state index in [-0.39, 0.29) is 5.97 Å². The molecule has 0 unspecified atom stereocenters. The molecule has 0 aliphatic heterocycles. The second-order valence-electron chi connectivity index (χ2n) is 5.70. The number of benzene rings is 2. The van der Waals surface area contributed by atoms with Gasteiger partial charge in [0.2, 0.25) is 0 Å². The lowest BCUT2D eigenvalue weighted by Gasteiger charge is -2.10. The maximum Gasteiger partial charge on any atom is 0.338 e. The Kier molecular flexibility index (Phi) is 4.47. The first kappa shape index (κ1) is 16.0. The molecule has 0 aliphatic carbocycles. The lowest BCUT2D eigenvalue weighted by atomic mass is 10.0. The molecule has 1 aromatic heterocycles. The van der Waals surface area contributed by atoms with E-state index in [1.165, 1.54) is 0 Å². The maximum absolute atomic E-state index is 11.7. The van der Waals surface area contributed by atoms with Crippen molar-refractivity contribution in [1.82, 2.24) is 9.78 Å². The molecule has 0 bridgehead atoms. The van der Waals surface area contributed by atoms with Gasteiger partial charge in [0, 0.05) is 6.20 Å². The van der Waals surface area contributed by atoms with Crippen LogP contribution in [0.5, 0.6) is 0 Å². The topological polar surface area (TPSA) is 44.1 Å². The molecule has 0 spiro atoms. The van der Waals surface area contributed by atoms with E-state index in [2.05, 4.69) is 30.2 Å². The average Bonchev–Trinajstić information content (AvgIpc) is 3.02. The van der Waals surface area contributed by atoms with Gasteiger partial charge in [-0.25, -0.2) is 9.48 Å². The number of hydrogen-bond donors (Lipinski definition) is 0. The van der Waals surface area contributed by atoms with Crippen LogP contribution in [0.15, 0.2) is 54.7 Å². The fourth-order valence-electron chi connectivity index (χ4n) is 2.60. The Morgan fingerprint density at radius 1 is 1.04 bits per heavy atom. The van der Waals surface area contributed by atoms with Crippen molar-refractivity contribution >= 4 is 5.97 Å². The summed E-state index contributed by atoms with van der Waals surface area (Å²) in [5, 5.41) is 4.49. The first-order chi connectivity index (χ1) is 11.6. The number of hydrogen-bond acceptors (Lipinski definition) is 3. The van der Waals surface area contributed by atoms with Crippen LogP contribution in [0.2, 0.25) is 0 Å². The summed E-state index contributed by atoms with van der Waals surface area (Å²) in [6.07, 6.45) is 1.96. The van der Waals surface area contributed by atoms with Gasteiger partial charge in [-0.3, -0.25) is 0 Å². The highest BCUT2D eigenvalue weighted by molar-refractivity contribution is 5.90. The molecule has 3 aromatic rings. The molecule has 0 saturated heterocycles. The van der Waals surface area contributed by atoms with Crippen LogP contribution < -0.4 is 0 Å². The largest absolute Gasteiger partial charge is 0.462 e. The molecule has 0 fully saturated rings. The smallest absolute Gasteiger partial charge is 0.338 e. The highest BCUT2D eigenvalue weighted by Crippen LogP contribution is 2.25. The molecular formula is C20H20N2O2. The third-order valence-corrected chi connectivity index (χ3v) is 3.91. The summed E-state index contributed by atoms with van der Waals surface area (Å²) in [6.45, 7) is 6.23. The maximum atomic E-state index is 11.7. The summed E-state index contributed by atoms with van der Waals surface area (Å²) in [4.78, 5) is 11.7. The molecule has 0 atom stereocenters. The molecule has 122 valence electrons. The van der Waals surface area contributed by atoms with E-state index in [1.807, 2.05) is 36.0 Å². The number of ether oxygens (including phenoxy) is 1. The number of nitrogens with zero attached hydrogens (tertiary/aromatic N) is 2. The van der Waals surface area contributed by atoms with Gasteiger partial charge in [-0.15, -0.1) is 0 Å². The molecule has 4 nitrogen and oxygen atoms in total. The molecule has 0 N–H and O–H groups in total. The lowest BCUT2D eigenvalue weighted by molar-refractivity contribution is 0.0526. The van der Waals surface area contributed by atoms with Gasteiger partial charge in [0.25, 0.3) is 0 Å². The van der Waals surface area contributed by atoms with Gasteiger partial charge in [-0.2, -0.15) is 5.10 Å². The van der Waals surface area contributed by atoms with Crippen molar-refractivity contribution in [2.75, 3.05) is 6.61 Å². The Bertz CT molecular complexity index is 864. The fourth-order valence-corrected chi connectivity index (χ4v) is 2.60. The van der Waals surface area contributed by atoms with E-state index in [0.717, 1.165) is 28.1 Å². The molecule has 0 radical (unpaired) electrons. The number of aromatic nitrogens is 2. The summed E-state index contributed by atoms with van der Waals surface area (Å²) in [6, 6.07) is 15.7. The second-order valence-corrected chi connectivity index (χ2v) is 5.70. The van der Waals surface area contributed by atoms with Gasteiger partial charge in [0.15, 0.2) is 0 Å². The number of rotatable bonds is 4. The van der Waals surface area contributed by atoms with Crippen molar-refractivity contribution in [2.45, 2.75) is 20.8 Å². The zero-order chi connectivity index (χ0) is 17.1. The van der Waals surface area contributed by atoms with E-state index in [9.17, 15) is 4.79 Å². The van der Waals surface area contributed by atoms with Crippen molar-refractivity contribution in [2.24, 2.45) is 0 Å². The van der Waals surface area contributed by atoms with E-state index >= 15 is 0 Å². The van der Waals surface area contributed by atoms with Gasteiger partial charge in [-0.1, -0.05) is 24.3 Å². The van der Waals surface area contributed by atoms with Crippen LogP contribution in [0.4, 0.5) is 0 Å². The first-order valence-electron chi connectivity index (χ1n) is 7.99. The molecular weight excluding hydrogens is 300 g/mol. The minimum atomic E-state index is -0.291. The van der Waals surface area contributed by atoms with Crippen LogP contribution in [0.3, 0.4) is 0 Å². The third-order valence-electron chi connectivity index (χ3n) is 3.91. The van der Waals surface area contributed by atoms with Crippen LogP contribution >= 0.6 is 0 Å². The third kappa shape index (κ3) is 3.23. The molecule has 2 aromatic carbocycles. The zero-order valence-corrected chi connectivity index (χ0v) is 14.1. The van der Waals surface area contributed by atoms with Crippen molar-refractivity contribution in [1.29, 1.82) is 0 Å². The summed E-state index contributed by atoms with van der Waals surface area (Å²) < 4.78 is 6.91. The SMILES string of the molecule is CCOC(=O)c1ccc(-c2ccc(C)c(-n3ccc(C)n3)c2)cc1. The minimum absolute atomic E-state index is 0.291. The molecule has 4 heteroatoms. The Balaban J connectivity index is 1.94. The quantitative estimate of drug-likeness (QED) is 0.672. The molecule has 0 amide bonds. The Labute approximate surface area is 141 Å². The Morgan fingerprint density at radius 2 is 1.75 bits per heavy atom. The van der Waals surface area contributed by atoms with E-state index < -0.39 is 0 Å². The lowest BCUT2D eigenvalue weighted by Crippen LogP contribution is -2.04. The number of esters is 1. The van der Waals surface area contributed by atoms with Crippen LogP contribution in [-0.4, -0.2) is 22.4 Å². The van der Waals surface area contributed by atoms with Gasteiger partial charge >= 0.3 is 5.97 Å². The minimum Gasteiger partial charge on any atom is -0.462 e. The first-order valence-corrected chi connectivity index (χ1v) is 7.99. The number of aryl methyl sites for hydroxylation is 2. The monoisotopic (exact) mass is 320 g/mol. The van der Waals surface area contributed by atoms with Crippen LogP contribution in [0.25, 0.3) is 16.8 Å². The van der Waals surface area contributed by atoms with E-state index in [0.29, 0.717) is 12.2 Å². The van der Waals surface area contributed by atoms with Crippen molar-refractivity contribution in [3.8, 4) is 16.8 Å². The highest BCUT2D eigenvalue weighted by Gasteiger charge is 2.08. The number of carbonyl (C=O) groups is 1. The Hall–Kier alpha value is -2.88. The van der Waals surface area contributed by atoms with Crippen molar-refractivity contribution in [3.63, 3.8) is 0 Å². The normalized spacial score (nSPS) is 10.6. The van der Waals surface area contributed by atoms with E-state index in [1.54, 1.807) is 19.1 Å². The van der Waals surface area contributed by atoms with Crippen molar-refractivity contribution < 1.29 is 9.53 Å². The Morgan fingerprint density at radius 3 is 2.38 bits per heavy atom. The fraction of sp³-hybridized carbons (Fsp3) is 0.200. The highest BCUT2D eigenvalue weighted by atomic mass is 16.5. The van der Waals surface area contributed by atoms with Gasteiger partial charge in [-0.05, 0) is 61.7 Å². The predicted octanol–water partition coefficient (Wildman–Crippen LogP) is 4.33. The summed E-state index contributed by atoms with van der Waals surface area (Å²) >= 11 is 0. The molecule has 0 aliphatic rings. The summed E-state index contributed by atoms with van der Waals surface area (Å²) in [5.41, 5.74) is 5.89. The van der Waals surface area contributed by atoms with Crippen LogP contribution in [0, 0.1) is 13.8 Å². The zero-order valence-electron chi connectivity index (χ0n) is 14.1. The second kappa shape index (κ2) is 6.71. The molecule has 24 heavy (non-hydrogen) atoms. The van der Waals surface area contributed by atoms with Crippen LogP contribution in [-0.2, 0) is 4.74 Å². The average molecular weight is 320 g/mol. The van der Waals surface area contributed by atoms with Crippen LogP contribution in [0.1, 0.15) is 28.5 Å². The predicted molar refractivity (Wildman–Crippen MR) is 94.4 cm³/mol. The van der Waals surface area contributed by atoms with Gasteiger partial charge in [0.1, 0.15) is 0 Å². The summed E-state index contributed by atoms with van der Waals surface area (Å²) in [5.74, 6) is -0.291. The van der Waals surface area contributed by atoms with Gasteiger partial charge in [0.05, 0.1) is 23.6 Å². The molecule has 0 saturated carbocycles. The molecule has 1 heterocycles. The van der Waals surface area contributed by atoms with E-state index in [4.69, 9.17) is 4.74 Å².